The maximum Gasteiger partial charge on any atom is 0.441 e. The Kier molecular flexibility index (Phi) is 3.63. The Morgan fingerprint density at radius 2 is 1.70 bits per heavy atom. The summed E-state index contributed by atoms with van der Waals surface area (Å²) in [7, 11) is -8.19. The molecule has 10 heteroatoms. The van der Waals surface area contributed by atoms with Crippen LogP contribution in [0.25, 0.3) is 0 Å². The van der Waals surface area contributed by atoms with Gasteiger partial charge in [-0.05, 0) is 30.7 Å². The molecule has 0 radical (unpaired) electrons. The van der Waals surface area contributed by atoms with Crippen LogP contribution in [-0.2, 0) is 9.84 Å². The highest BCUT2D eigenvalue weighted by atomic mass is 32.3. The number of nitrogen functional groups attached to an aromatic ring is 1. The molecule has 1 aromatic rings. The van der Waals surface area contributed by atoms with Crippen molar-refractivity contribution in [3.63, 3.8) is 0 Å². The van der Waals surface area contributed by atoms with Gasteiger partial charge in [0.2, 0.25) is 9.84 Å². The molecule has 1 rings (SSSR count). The van der Waals surface area contributed by atoms with Gasteiger partial charge in [-0.1, -0.05) is 0 Å². The van der Waals surface area contributed by atoms with E-state index in [9.17, 15) is 33.9 Å². The van der Waals surface area contributed by atoms with Crippen LogP contribution in [0.1, 0.15) is 5.56 Å². The molecule has 0 amide bonds. The molecule has 2 nitrogen and oxygen atoms in total. The molecule has 0 aliphatic carbocycles. The van der Waals surface area contributed by atoms with Crippen LogP contribution in [0, 0.1) is 6.92 Å². The molecular formula is C10H10F7NOS. The number of halogens is 7. The van der Waals surface area contributed by atoms with E-state index in [1.807, 2.05) is 0 Å². The van der Waals surface area contributed by atoms with E-state index in [1.165, 1.54) is 0 Å². The molecule has 0 aliphatic rings. The summed E-state index contributed by atoms with van der Waals surface area (Å²) in [5.74, 6) is 0. The summed E-state index contributed by atoms with van der Waals surface area (Å²) < 4.78 is 102. The van der Waals surface area contributed by atoms with E-state index >= 15 is 0 Å². The van der Waals surface area contributed by atoms with Gasteiger partial charge in [-0.3, -0.25) is 0 Å². The number of alkyl halides is 5. The van der Waals surface area contributed by atoms with E-state index in [4.69, 9.17) is 5.73 Å². The van der Waals surface area contributed by atoms with Gasteiger partial charge in [0.25, 0.3) is 0 Å². The van der Waals surface area contributed by atoms with E-state index < -0.39 is 32.6 Å². The summed E-state index contributed by atoms with van der Waals surface area (Å²) >= 11 is 0. The number of benzene rings is 1. The lowest BCUT2D eigenvalue weighted by molar-refractivity contribution is -0.205. The number of hydrogen-bond acceptors (Lipinski definition) is 2. The molecule has 0 saturated carbocycles. The van der Waals surface area contributed by atoms with Crippen LogP contribution in [0.5, 0.6) is 0 Å². The van der Waals surface area contributed by atoms with Gasteiger partial charge < -0.3 is 5.73 Å². The van der Waals surface area contributed by atoms with Gasteiger partial charge >= 0.3 is 11.2 Å². The maximum atomic E-state index is 13.9. The number of anilines is 1. The summed E-state index contributed by atoms with van der Waals surface area (Å²) in [5, 5.41) is -5.78. The second kappa shape index (κ2) is 4.34. The van der Waals surface area contributed by atoms with Crippen LogP contribution < -0.4 is 5.73 Å². The van der Waals surface area contributed by atoms with E-state index in [2.05, 4.69) is 0 Å². The van der Waals surface area contributed by atoms with Crippen LogP contribution in [0.3, 0.4) is 0 Å². The molecule has 0 heterocycles. The largest absolute Gasteiger partial charge is 0.441 e. The molecular weight excluding hydrogens is 315 g/mol. The van der Waals surface area contributed by atoms with E-state index in [0.29, 0.717) is 6.07 Å². The number of nitrogens with two attached hydrogens (primary N) is 1. The Labute approximate surface area is 109 Å². The van der Waals surface area contributed by atoms with Crippen LogP contribution in [0.15, 0.2) is 23.1 Å². The third-order valence-electron chi connectivity index (χ3n) is 2.77. The summed E-state index contributed by atoms with van der Waals surface area (Å²) in [6.07, 6.45) is -6.34. The highest BCUT2D eigenvalue weighted by molar-refractivity contribution is 8.12. The van der Waals surface area contributed by atoms with Crippen LogP contribution >= 0.6 is 0 Å². The van der Waals surface area contributed by atoms with Gasteiger partial charge in [0.1, 0.15) is 6.67 Å². The van der Waals surface area contributed by atoms with Gasteiger partial charge in [-0.2, -0.15) is 13.2 Å². The zero-order chi connectivity index (χ0) is 16.0. The first-order valence-corrected chi connectivity index (χ1v) is 6.80. The SMILES string of the molecule is Cc1cc(S(=O)(F)(F)C(F)(CF)C(F)(F)F)ccc1N. The lowest BCUT2D eigenvalue weighted by Gasteiger charge is -2.38. The Morgan fingerprint density at radius 3 is 2.05 bits per heavy atom. The third kappa shape index (κ3) is 2.15. The smallest absolute Gasteiger partial charge is 0.399 e. The summed E-state index contributed by atoms with van der Waals surface area (Å²) in [4.78, 5) is -1.74. The quantitative estimate of drug-likeness (QED) is 0.523. The van der Waals surface area contributed by atoms with E-state index in [1.54, 1.807) is 0 Å². The Bertz CT molecular complexity index is 594. The topological polar surface area (TPSA) is 43.1 Å². The van der Waals surface area contributed by atoms with Crippen molar-refractivity contribution in [3.05, 3.63) is 23.8 Å². The Hall–Kier alpha value is -1.32. The predicted molar refractivity (Wildman–Crippen MR) is 60.1 cm³/mol. The summed E-state index contributed by atoms with van der Waals surface area (Å²) in [6, 6.07) is 1.37. The lowest BCUT2D eigenvalue weighted by atomic mass is 10.2. The standard InChI is InChI=1S/C10H10F7NOS/c1-6-4-7(2-3-8(6)18)20(16,17,19)9(12,5-11)10(13,14)15/h2-4H,5,18H2,1H3. The summed E-state index contributed by atoms with van der Waals surface area (Å²) in [5.41, 5.74) is 5.06. The van der Waals surface area contributed by atoms with Crippen molar-refractivity contribution in [2.75, 3.05) is 12.4 Å². The summed E-state index contributed by atoms with van der Waals surface area (Å²) in [6.45, 7) is -2.02. The molecule has 0 aromatic heterocycles. The Morgan fingerprint density at radius 1 is 1.20 bits per heavy atom. The number of hydrogen-bond donors (Lipinski definition) is 1. The molecule has 2 N–H and O–H groups in total. The second-order valence-corrected chi connectivity index (χ2v) is 6.78. The zero-order valence-electron chi connectivity index (χ0n) is 9.98. The highest BCUT2D eigenvalue weighted by Crippen LogP contribution is 2.58. The maximum absolute atomic E-state index is 13.9. The predicted octanol–water partition coefficient (Wildman–Crippen LogP) is 3.72. The molecule has 0 spiro atoms. The first-order valence-electron chi connectivity index (χ1n) is 5.04. The first-order chi connectivity index (χ1) is 8.76. The molecule has 0 aliphatic heterocycles. The molecule has 1 unspecified atom stereocenters. The molecule has 0 saturated heterocycles. The molecule has 0 fully saturated rings. The molecule has 0 bridgehead atoms. The van der Waals surface area contributed by atoms with Crippen molar-refractivity contribution in [1.82, 2.24) is 0 Å². The normalized spacial score (nSPS) is 18.1. The van der Waals surface area contributed by atoms with E-state index in [-0.39, 0.29) is 17.3 Å². The highest BCUT2D eigenvalue weighted by Gasteiger charge is 2.75. The minimum absolute atomic E-state index is 0.0754. The number of aryl methyl sites for hydroxylation is 1. The van der Waals surface area contributed by atoms with Crippen LogP contribution in [-0.4, -0.2) is 22.1 Å². The van der Waals surface area contributed by atoms with Crippen LogP contribution in [0.2, 0.25) is 0 Å². The van der Waals surface area contributed by atoms with Gasteiger partial charge in [0.15, 0.2) is 0 Å². The van der Waals surface area contributed by atoms with Gasteiger partial charge in [-0.15, -0.1) is 7.77 Å². The fourth-order valence-electron chi connectivity index (χ4n) is 1.41. The number of rotatable bonds is 3. The fourth-order valence-corrected chi connectivity index (χ4v) is 3.01. The average Bonchev–Trinajstić information content (AvgIpc) is 2.29. The van der Waals surface area contributed by atoms with Gasteiger partial charge in [-0.25, -0.2) is 13.0 Å². The minimum Gasteiger partial charge on any atom is -0.399 e. The van der Waals surface area contributed by atoms with E-state index in [0.717, 1.165) is 13.0 Å². The lowest BCUT2D eigenvalue weighted by Crippen LogP contribution is -2.57. The van der Waals surface area contributed by atoms with Crippen LogP contribution in [0.4, 0.5) is 35.4 Å². The van der Waals surface area contributed by atoms with Gasteiger partial charge in [0, 0.05) is 5.69 Å². The van der Waals surface area contributed by atoms with Crippen molar-refractivity contribution < 1.29 is 33.9 Å². The van der Waals surface area contributed by atoms with Crippen molar-refractivity contribution >= 4 is 15.5 Å². The Balaban J connectivity index is 3.66. The molecule has 116 valence electrons. The monoisotopic (exact) mass is 325 g/mol. The molecule has 1 aromatic carbocycles. The minimum atomic E-state index is -8.19. The van der Waals surface area contributed by atoms with Crippen molar-refractivity contribution in [1.29, 1.82) is 0 Å². The first kappa shape index (κ1) is 16.7. The zero-order valence-corrected chi connectivity index (χ0v) is 10.8. The van der Waals surface area contributed by atoms with Crippen molar-refractivity contribution in [3.8, 4) is 0 Å². The molecule has 20 heavy (non-hydrogen) atoms. The fraction of sp³-hybridized carbons (Fsp3) is 0.400. The van der Waals surface area contributed by atoms with Gasteiger partial charge in [0.05, 0.1) is 4.90 Å². The average molecular weight is 325 g/mol. The second-order valence-electron chi connectivity index (χ2n) is 4.14. The van der Waals surface area contributed by atoms with Crippen molar-refractivity contribution in [2.24, 2.45) is 0 Å². The van der Waals surface area contributed by atoms with Crippen molar-refractivity contribution in [2.45, 2.75) is 23.0 Å². The molecule has 1 atom stereocenters. The third-order valence-corrected chi connectivity index (χ3v) is 5.22.